The average molecular weight is 375 g/mol. The van der Waals surface area contributed by atoms with Gasteiger partial charge in [-0.15, -0.1) is 0 Å². The van der Waals surface area contributed by atoms with Crippen LogP contribution in [0.3, 0.4) is 0 Å². The zero-order valence-corrected chi connectivity index (χ0v) is 16.0. The lowest BCUT2D eigenvalue weighted by molar-refractivity contribution is 0.123. The molecule has 2 N–H and O–H groups in total. The van der Waals surface area contributed by atoms with Crippen LogP contribution < -0.4 is 15.5 Å². The van der Waals surface area contributed by atoms with Gasteiger partial charge in [0, 0.05) is 19.3 Å². The number of aromatic nitrogens is 2. The minimum atomic E-state index is 0.122. The van der Waals surface area contributed by atoms with E-state index in [2.05, 4.69) is 62.8 Å². The molecule has 1 saturated heterocycles. The summed E-state index contributed by atoms with van der Waals surface area (Å²) in [6, 6.07) is 20.6. The summed E-state index contributed by atoms with van der Waals surface area (Å²) in [5.41, 5.74) is 3.39. The Kier molecular flexibility index (Phi) is 5.68. The number of hydrogen-bond donors (Lipinski definition) is 2. The molecule has 1 atom stereocenters. The molecule has 6 heteroatoms. The maximum Gasteiger partial charge on any atom is 0.225 e. The lowest BCUT2D eigenvalue weighted by Crippen LogP contribution is -2.36. The van der Waals surface area contributed by atoms with E-state index in [1.807, 2.05) is 30.3 Å². The zero-order chi connectivity index (χ0) is 19.2. The second-order valence-corrected chi connectivity index (χ2v) is 6.78. The van der Waals surface area contributed by atoms with Crippen LogP contribution in [0.1, 0.15) is 18.5 Å². The van der Waals surface area contributed by atoms with Crippen LogP contribution in [0.4, 0.5) is 23.1 Å². The molecule has 1 fully saturated rings. The van der Waals surface area contributed by atoms with Crippen molar-refractivity contribution in [2.24, 2.45) is 0 Å². The first-order valence-electron chi connectivity index (χ1n) is 9.63. The van der Waals surface area contributed by atoms with Gasteiger partial charge in [-0.05, 0) is 30.7 Å². The van der Waals surface area contributed by atoms with Gasteiger partial charge < -0.3 is 20.3 Å². The molecule has 6 nitrogen and oxygen atoms in total. The lowest BCUT2D eigenvalue weighted by atomic mass is 10.1. The van der Waals surface area contributed by atoms with Crippen molar-refractivity contribution >= 4 is 23.1 Å². The smallest absolute Gasteiger partial charge is 0.225 e. The molecule has 4 rings (SSSR count). The van der Waals surface area contributed by atoms with Gasteiger partial charge in [-0.1, -0.05) is 42.5 Å². The van der Waals surface area contributed by atoms with Crippen LogP contribution >= 0.6 is 0 Å². The van der Waals surface area contributed by atoms with Gasteiger partial charge in [0.25, 0.3) is 0 Å². The Morgan fingerprint density at radius 1 is 0.964 bits per heavy atom. The van der Waals surface area contributed by atoms with Crippen molar-refractivity contribution in [3.63, 3.8) is 0 Å². The largest absolute Gasteiger partial charge is 0.378 e. The minimum absolute atomic E-state index is 0.122. The van der Waals surface area contributed by atoms with E-state index in [0.29, 0.717) is 5.95 Å². The van der Waals surface area contributed by atoms with Gasteiger partial charge in [0.2, 0.25) is 5.95 Å². The third kappa shape index (κ3) is 4.40. The maximum atomic E-state index is 5.48. The van der Waals surface area contributed by atoms with Crippen LogP contribution in [-0.4, -0.2) is 36.3 Å². The third-order valence-corrected chi connectivity index (χ3v) is 4.82. The Morgan fingerprint density at radius 3 is 2.54 bits per heavy atom. The predicted molar refractivity (Wildman–Crippen MR) is 113 cm³/mol. The quantitative estimate of drug-likeness (QED) is 0.672. The highest BCUT2D eigenvalue weighted by molar-refractivity contribution is 5.74. The summed E-state index contributed by atoms with van der Waals surface area (Å²) in [6.45, 7) is 5.40. The lowest BCUT2D eigenvalue weighted by Gasteiger charge is -2.30. The summed E-state index contributed by atoms with van der Waals surface area (Å²) in [5.74, 6) is 1.36. The second kappa shape index (κ2) is 8.71. The van der Waals surface area contributed by atoms with Crippen LogP contribution in [0.5, 0.6) is 0 Å². The molecule has 1 unspecified atom stereocenters. The molecule has 2 aromatic carbocycles. The highest BCUT2D eigenvalue weighted by atomic mass is 16.5. The topological polar surface area (TPSA) is 62.3 Å². The fourth-order valence-corrected chi connectivity index (χ4v) is 3.31. The van der Waals surface area contributed by atoms with E-state index in [0.717, 1.165) is 43.5 Å². The average Bonchev–Trinajstić information content (AvgIpc) is 2.76. The van der Waals surface area contributed by atoms with Gasteiger partial charge >= 0.3 is 0 Å². The first kappa shape index (κ1) is 18.3. The molecule has 144 valence electrons. The van der Waals surface area contributed by atoms with E-state index < -0.39 is 0 Å². The number of nitrogens with one attached hydrogen (secondary N) is 2. The van der Waals surface area contributed by atoms with Crippen LogP contribution in [0, 0.1) is 0 Å². The monoisotopic (exact) mass is 375 g/mol. The number of hydrogen-bond acceptors (Lipinski definition) is 6. The fraction of sp³-hybridized carbons (Fsp3) is 0.273. The van der Waals surface area contributed by atoms with Crippen LogP contribution in [0.15, 0.2) is 66.9 Å². The fourth-order valence-electron chi connectivity index (χ4n) is 3.31. The Morgan fingerprint density at radius 2 is 1.71 bits per heavy atom. The molecule has 0 radical (unpaired) electrons. The summed E-state index contributed by atoms with van der Waals surface area (Å²) < 4.78 is 5.48. The van der Waals surface area contributed by atoms with Crippen LogP contribution in [-0.2, 0) is 4.74 Å². The summed E-state index contributed by atoms with van der Waals surface area (Å²) >= 11 is 0. The molecule has 0 saturated carbocycles. The Hall–Kier alpha value is -3.12. The zero-order valence-electron chi connectivity index (χ0n) is 16.0. The predicted octanol–water partition coefficient (Wildman–Crippen LogP) is 4.23. The number of benzene rings is 2. The molecule has 28 heavy (non-hydrogen) atoms. The molecule has 3 aromatic rings. The standard InChI is InChI=1S/C22H25N5O/c1-17(18-7-3-2-4-8-18)24-22-23-12-11-21(26-22)25-19-9-5-6-10-20(19)27-13-15-28-16-14-27/h2-12,17H,13-16H2,1H3,(H2,23,24,25,26). The van der Waals surface area contributed by atoms with Crippen molar-refractivity contribution < 1.29 is 4.74 Å². The number of anilines is 4. The van der Waals surface area contributed by atoms with Gasteiger partial charge in [0.1, 0.15) is 5.82 Å². The molecule has 1 aliphatic heterocycles. The van der Waals surface area contributed by atoms with Gasteiger partial charge in [-0.25, -0.2) is 4.98 Å². The maximum absolute atomic E-state index is 5.48. The van der Waals surface area contributed by atoms with Crippen molar-refractivity contribution in [1.82, 2.24) is 9.97 Å². The van der Waals surface area contributed by atoms with E-state index in [4.69, 9.17) is 4.74 Å². The molecule has 1 aliphatic rings. The number of rotatable bonds is 6. The molecular formula is C22H25N5O. The summed E-state index contributed by atoms with van der Waals surface area (Å²) in [7, 11) is 0. The van der Waals surface area contributed by atoms with Crippen LogP contribution in [0.25, 0.3) is 0 Å². The summed E-state index contributed by atoms with van der Waals surface area (Å²) in [6.07, 6.45) is 1.77. The Bertz CT molecular complexity index is 896. The normalized spacial score (nSPS) is 15.1. The SMILES string of the molecule is CC(Nc1nccc(Nc2ccccc2N2CCOCC2)n1)c1ccccc1. The van der Waals surface area contributed by atoms with Crippen molar-refractivity contribution in [3.8, 4) is 0 Å². The molecule has 0 bridgehead atoms. The molecule has 0 spiro atoms. The molecule has 0 amide bonds. The van der Waals surface area contributed by atoms with Gasteiger partial charge in [-0.3, -0.25) is 0 Å². The highest BCUT2D eigenvalue weighted by Gasteiger charge is 2.15. The van der Waals surface area contributed by atoms with Gasteiger partial charge in [0.15, 0.2) is 0 Å². The molecule has 1 aromatic heterocycles. The van der Waals surface area contributed by atoms with Gasteiger partial charge in [0.05, 0.1) is 30.6 Å². The van der Waals surface area contributed by atoms with E-state index >= 15 is 0 Å². The van der Waals surface area contributed by atoms with E-state index in [-0.39, 0.29) is 6.04 Å². The molecule has 2 heterocycles. The highest BCUT2D eigenvalue weighted by Crippen LogP contribution is 2.29. The first-order chi connectivity index (χ1) is 13.8. The third-order valence-electron chi connectivity index (χ3n) is 4.82. The first-order valence-corrected chi connectivity index (χ1v) is 9.63. The Labute approximate surface area is 165 Å². The molecule has 0 aliphatic carbocycles. The number of ether oxygens (including phenoxy) is 1. The number of nitrogens with zero attached hydrogens (tertiary/aromatic N) is 3. The van der Waals surface area contributed by atoms with Crippen LogP contribution in [0.2, 0.25) is 0 Å². The van der Waals surface area contributed by atoms with Crippen molar-refractivity contribution in [2.75, 3.05) is 41.8 Å². The van der Waals surface area contributed by atoms with E-state index in [9.17, 15) is 0 Å². The van der Waals surface area contributed by atoms with Crippen molar-refractivity contribution in [3.05, 3.63) is 72.4 Å². The minimum Gasteiger partial charge on any atom is -0.378 e. The number of morpholine rings is 1. The van der Waals surface area contributed by atoms with E-state index in [1.165, 1.54) is 5.56 Å². The summed E-state index contributed by atoms with van der Waals surface area (Å²) in [5, 5.41) is 6.82. The second-order valence-electron chi connectivity index (χ2n) is 6.78. The van der Waals surface area contributed by atoms with Gasteiger partial charge in [-0.2, -0.15) is 4.98 Å². The number of para-hydroxylation sites is 2. The molecular weight excluding hydrogens is 350 g/mol. The Balaban J connectivity index is 1.50. The van der Waals surface area contributed by atoms with E-state index in [1.54, 1.807) is 6.20 Å². The summed E-state index contributed by atoms with van der Waals surface area (Å²) in [4.78, 5) is 11.3. The van der Waals surface area contributed by atoms with Crippen molar-refractivity contribution in [1.29, 1.82) is 0 Å². The van der Waals surface area contributed by atoms with Crippen molar-refractivity contribution in [2.45, 2.75) is 13.0 Å².